The Bertz CT molecular complexity index is 1440. The zero-order chi connectivity index (χ0) is 29.6. The van der Waals surface area contributed by atoms with Gasteiger partial charge in [-0.3, -0.25) is 14.4 Å². The fourth-order valence-corrected chi connectivity index (χ4v) is 6.34. The number of hydrogen-bond donors (Lipinski definition) is 3. The summed E-state index contributed by atoms with van der Waals surface area (Å²) in [5.41, 5.74) is 8.26. The lowest BCUT2D eigenvalue weighted by Gasteiger charge is -2.32. The molecule has 0 radical (unpaired) electrons. The van der Waals surface area contributed by atoms with Crippen molar-refractivity contribution >= 4 is 34.5 Å². The molecule has 0 aromatic heterocycles. The van der Waals surface area contributed by atoms with Crippen molar-refractivity contribution in [2.45, 2.75) is 69.1 Å². The number of nitrogens with zero attached hydrogens (tertiary/aromatic N) is 2. The smallest absolute Gasteiger partial charge is 0.326 e. The second-order valence-electron chi connectivity index (χ2n) is 11.3. The maximum Gasteiger partial charge on any atom is 0.326 e. The Hall–Kier alpha value is -4.24. The Kier molecular flexibility index (Phi) is 9.17. The Morgan fingerprint density at radius 3 is 2.26 bits per heavy atom. The van der Waals surface area contributed by atoms with Crippen LogP contribution in [0.15, 0.2) is 72.8 Å². The molecule has 4 N–H and O–H groups in total. The summed E-state index contributed by atoms with van der Waals surface area (Å²) in [6.45, 7) is 0.736. The van der Waals surface area contributed by atoms with Gasteiger partial charge in [-0.05, 0) is 54.0 Å². The van der Waals surface area contributed by atoms with E-state index >= 15 is 0 Å². The summed E-state index contributed by atoms with van der Waals surface area (Å²) in [6, 6.07) is 20.5. The van der Waals surface area contributed by atoms with E-state index in [1.165, 1.54) is 4.90 Å². The molecule has 2 heterocycles. The van der Waals surface area contributed by atoms with Gasteiger partial charge in [0.1, 0.15) is 18.1 Å². The van der Waals surface area contributed by atoms with Crippen LogP contribution in [-0.4, -0.2) is 75.9 Å². The predicted octanol–water partition coefficient (Wildman–Crippen LogP) is 2.89. The number of hydrogen-bond acceptors (Lipinski definition) is 5. The van der Waals surface area contributed by atoms with Gasteiger partial charge in [-0.1, -0.05) is 72.8 Å². The molecule has 0 spiro atoms. The molecular weight excluding hydrogens is 532 g/mol. The summed E-state index contributed by atoms with van der Waals surface area (Å²) in [5, 5.41) is 14.6. The van der Waals surface area contributed by atoms with Gasteiger partial charge in [-0.2, -0.15) is 0 Å². The zero-order valence-corrected chi connectivity index (χ0v) is 23.7. The highest BCUT2D eigenvalue weighted by Crippen LogP contribution is 2.27. The number of carboxylic acid groups (broad SMARTS) is 1. The predicted molar refractivity (Wildman–Crippen MR) is 159 cm³/mol. The molecular formula is C33H38N4O5. The number of nitrogens with one attached hydrogen (secondary N) is 1. The molecule has 9 heteroatoms. The molecule has 0 saturated carbocycles. The Labute approximate surface area is 245 Å². The Morgan fingerprint density at radius 2 is 1.50 bits per heavy atom. The second-order valence-corrected chi connectivity index (χ2v) is 11.3. The van der Waals surface area contributed by atoms with Crippen molar-refractivity contribution in [3.63, 3.8) is 0 Å². The summed E-state index contributed by atoms with van der Waals surface area (Å²) >= 11 is 0. The number of fused-ring (bicyclic) bond motifs is 1. The fourth-order valence-electron chi connectivity index (χ4n) is 6.34. The number of carbonyl (C=O) groups is 4. The number of carboxylic acids is 1. The molecule has 3 aromatic rings. The fraction of sp³-hybridized carbons (Fsp3) is 0.394. The van der Waals surface area contributed by atoms with Crippen molar-refractivity contribution in [1.82, 2.24) is 15.1 Å². The van der Waals surface area contributed by atoms with Gasteiger partial charge in [0.15, 0.2) is 0 Å². The summed E-state index contributed by atoms with van der Waals surface area (Å²) in [6.07, 6.45) is 2.94. The number of likely N-dealkylation sites (tertiary alicyclic amines) is 2. The van der Waals surface area contributed by atoms with Crippen LogP contribution in [0.5, 0.6) is 0 Å². The molecule has 3 amide bonds. The number of rotatable bonds is 10. The first-order valence-electron chi connectivity index (χ1n) is 14.7. The van der Waals surface area contributed by atoms with Crippen molar-refractivity contribution in [1.29, 1.82) is 0 Å². The van der Waals surface area contributed by atoms with E-state index in [0.717, 1.165) is 21.9 Å². The van der Waals surface area contributed by atoms with Crippen molar-refractivity contribution in [2.75, 3.05) is 13.1 Å². The molecule has 42 heavy (non-hydrogen) atoms. The van der Waals surface area contributed by atoms with E-state index in [9.17, 15) is 24.3 Å². The molecule has 5 rings (SSSR count). The average Bonchev–Trinajstić information content (AvgIpc) is 3.67. The van der Waals surface area contributed by atoms with Gasteiger partial charge in [0.25, 0.3) is 0 Å². The van der Waals surface area contributed by atoms with Gasteiger partial charge >= 0.3 is 5.97 Å². The highest BCUT2D eigenvalue weighted by atomic mass is 16.4. The van der Waals surface area contributed by atoms with Gasteiger partial charge in [0, 0.05) is 32.0 Å². The Balaban J connectivity index is 1.36. The van der Waals surface area contributed by atoms with Gasteiger partial charge < -0.3 is 26.0 Å². The third-order valence-corrected chi connectivity index (χ3v) is 8.37. The first-order chi connectivity index (χ1) is 20.3. The first-order valence-corrected chi connectivity index (χ1v) is 14.7. The van der Waals surface area contributed by atoms with Crippen LogP contribution in [0.3, 0.4) is 0 Å². The molecule has 0 bridgehead atoms. The Morgan fingerprint density at radius 1 is 0.833 bits per heavy atom. The SMILES string of the molecule is N[C@H](CC(=O)N[C@@H](Cc1cccc2ccccc12)C(=O)N1CCC[C@H]1C(=O)N1CCC[C@H]1C(=O)O)Cc1ccccc1. The van der Waals surface area contributed by atoms with E-state index in [2.05, 4.69) is 5.32 Å². The third kappa shape index (κ3) is 6.62. The minimum atomic E-state index is -1.02. The maximum atomic E-state index is 14.1. The van der Waals surface area contributed by atoms with E-state index in [-0.39, 0.29) is 30.6 Å². The van der Waals surface area contributed by atoms with Gasteiger partial charge in [0.05, 0.1) is 0 Å². The molecule has 2 saturated heterocycles. The van der Waals surface area contributed by atoms with E-state index in [1.54, 1.807) is 4.90 Å². The number of aliphatic carboxylic acids is 1. The van der Waals surface area contributed by atoms with Crippen LogP contribution in [0.4, 0.5) is 0 Å². The lowest BCUT2D eigenvalue weighted by atomic mass is 9.97. The molecule has 2 aliphatic rings. The lowest BCUT2D eigenvalue weighted by molar-refractivity contribution is -0.152. The number of benzene rings is 3. The molecule has 2 fully saturated rings. The highest BCUT2D eigenvalue weighted by Gasteiger charge is 2.43. The lowest BCUT2D eigenvalue weighted by Crippen LogP contribution is -2.56. The van der Waals surface area contributed by atoms with Crippen LogP contribution < -0.4 is 11.1 Å². The molecule has 0 aliphatic carbocycles. The molecule has 0 unspecified atom stereocenters. The second kappa shape index (κ2) is 13.2. The van der Waals surface area contributed by atoms with E-state index in [4.69, 9.17) is 5.73 Å². The highest BCUT2D eigenvalue weighted by molar-refractivity contribution is 5.95. The maximum absolute atomic E-state index is 14.1. The molecule has 2 aliphatic heterocycles. The zero-order valence-electron chi connectivity index (χ0n) is 23.7. The standard InChI is InChI=1S/C33H38N4O5/c34-25(19-22-9-2-1-3-10-22)21-30(38)35-27(20-24-13-6-12-23-11-4-5-14-26(23)24)31(39)36-17-7-15-28(36)32(40)37-18-8-16-29(37)33(41)42/h1-6,9-14,25,27-29H,7-8,15-21,34H2,(H,35,38)(H,41,42)/t25-,27-,28-,29-/m0/s1. The monoisotopic (exact) mass is 570 g/mol. The van der Waals surface area contributed by atoms with Crippen LogP contribution in [0, 0.1) is 0 Å². The molecule has 3 aromatic carbocycles. The van der Waals surface area contributed by atoms with Gasteiger partial charge in [0.2, 0.25) is 17.7 Å². The normalized spacial score (nSPS) is 19.9. The van der Waals surface area contributed by atoms with E-state index in [1.807, 2.05) is 72.8 Å². The van der Waals surface area contributed by atoms with Crippen LogP contribution in [-0.2, 0) is 32.0 Å². The van der Waals surface area contributed by atoms with Crippen molar-refractivity contribution in [3.05, 3.63) is 83.9 Å². The van der Waals surface area contributed by atoms with E-state index in [0.29, 0.717) is 45.2 Å². The third-order valence-electron chi connectivity index (χ3n) is 8.37. The summed E-state index contributed by atoms with van der Waals surface area (Å²) in [5.74, 6) is -2.02. The topological polar surface area (TPSA) is 133 Å². The quantitative estimate of drug-likeness (QED) is 0.343. The van der Waals surface area contributed by atoms with Crippen LogP contribution in [0.1, 0.15) is 43.2 Å². The first kappa shape index (κ1) is 29.3. The number of carbonyl (C=O) groups excluding carboxylic acids is 3. The summed E-state index contributed by atoms with van der Waals surface area (Å²) in [7, 11) is 0. The molecule has 9 nitrogen and oxygen atoms in total. The summed E-state index contributed by atoms with van der Waals surface area (Å²) in [4.78, 5) is 55.6. The van der Waals surface area contributed by atoms with Gasteiger partial charge in [-0.25, -0.2) is 4.79 Å². The van der Waals surface area contributed by atoms with Crippen LogP contribution in [0.2, 0.25) is 0 Å². The molecule has 220 valence electrons. The summed E-state index contributed by atoms with van der Waals surface area (Å²) < 4.78 is 0. The van der Waals surface area contributed by atoms with Crippen molar-refractivity contribution in [2.24, 2.45) is 5.73 Å². The number of nitrogens with two attached hydrogens (primary N) is 1. The number of amides is 3. The van der Waals surface area contributed by atoms with Gasteiger partial charge in [-0.15, -0.1) is 0 Å². The van der Waals surface area contributed by atoms with Crippen molar-refractivity contribution < 1.29 is 24.3 Å². The minimum absolute atomic E-state index is 0.0463. The minimum Gasteiger partial charge on any atom is -0.480 e. The molecule has 4 atom stereocenters. The van der Waals surface area contributed by atoms with Crippen LogP contribution >= 0.6 is 0 Å². The largest absolute Gasteiger partial charge is 0.480 e. The van der Waals surface area contributed by atoms with E-state index < -0.39 is 30.1 Å². The van der Waals surface area contributed by atoms with Crippen molar-refractivity contribution in [3.8, 4) is 0 Å². The van der Waals surface area contributed by atoms with Crippen LogP contribution in [0.25, 0.3) is 10.8 Å². The average molecular weight is 571 g/mol.